The molecule has 3 aromatic heterocycles. The summed E-state index contributed by atoms with van der Waals surface area (Å²) in [6.07, 6.45) is 2.24. The van der Waals surface area contributed by atoms with Crippen LogP contribution in [0.5, 0.6) is 0 Å². The van der Waals surface area contributed by atoms with Crippen LogP contribution >= 0.6 is 46.3 Å². The van der Waals surface area contributed by atoms with Crippen LogP contribution < -0.4 is 5.32 Å². The summed E-state index contributed by atoms with van der Waals surface area (Å²) in [4.78, 5) is 17.9. The third-order valence-corrected chi connectivity index (χ3v) is 8.95. The Kier molecular flexibility index (Phi) is 8.71. The first-order chi connectivity index (χ1) is 20.5. The zero-order chi connectivity index (χ0) is 28.9. The maximum atomic E-state index is 13.3. The van der Waals surface area contributed by atoms with E-state index in [1.807, 2.05) is 53.1 Å². The number of thioether (sulfide) groups is 1. The number of carbonyl (C=O) groups is 1. The van der Waals surface area contributed by atoms with Gasteiger partial charge in [-0.25, -0.2) is 4.98 Å². The van der Waals surface area contributed by atoms with Crippen LogP contribution in [0.15, 0.2) is 112 Å². The van der Waals surface area contributed by atoms with Gasteiger partial charge in [-0.05, 0) is 47.9 Å². The molecule has 1 unspecified atom stereocenters. The number of aromatic nitrogens is 4. The highest BCUT2D eigenvalue weighted by molar-refractivity contribution is 7.98. The van der Waals surface area contributed by atoms with E-state index < -0.39 is 0 Å². The maximum Gasteiger partial charge on any atom is 0.271 e. The normalized spacial score (nSPS) is 11.9. The largest absolute Gasteiger partial charge is 0.461 e. The Morgan fingerprint density at radius 2 is 1.76 bits per heavy atom. The van der Waals surface area contributed by atoms with Gasteiger partial charge in [0.1, 0.15) is 10.7 Å². The Balaban J connectivity index is 1.20. The SMILES string of the molecule is O=C(NC(Cc1ccccc1)c1ccccc1)c1csc(CSc2nnc(-c3ccco3)n2-c2cc(Cl)ccc2Cl)n1. The van der Waals surface area contributed by atoms with Crippen LogP contribution in [0.1, 0.15) is 32.7 Å². The highest BCUT2D eigenvalue weighted by Gasteiger charge is 2.22. The monoisotopic (exact) mass is 631 g/mol. The van der Waals surface area contributed by atoms with Crippen LogP contribution in [0.2, 0.25) is 10.0 Å². The first-order valence-electron chi connectivity index (χ1n) is 13.0. The fraction of sp³-hybridized carbons (Fsp3) is 0.0968. The molecule has 11 heteroatoms. The van der Waals surface area contributed by atoms with E-state index >= 15 is 0 Å². The van der Waals surface area contributed by atoms with Crippen molar-refractivity contribution in [1.82, 2.24) is 25.1 Å². The van der Waals surface area contributed by atoms with Gasteiger partial charge in [0.25, 0.3) is 5.91 Å². The molecule has 0 spiro atoms. The summed E-state index contributed by atoms with van der Waals surface area (Å²) in [6, 6.07) is 28.7. The third-order valence-electron chi connectivity index (χ3n) is 6.42. The lowest BCUT2D eigenvalue weighted by atomic mass is 9.99. The van der Waals surface area contributed by atoms with E-state index in [1.165, 1.54) is 23.1 Å². The zero-order valence-electron chi connectivity index (χ0n) is 22.0. The van der Waals surface area contributed by atoms with Gasteiger partial charge in [-0.15, -0.1) is 21.5 Å². The lowest BCUT2D eigenvalue weighted by molar-refractivity contribution is 0.0932. The highest BCUT2D eigenvalue weighted by Crippen LogP contribution is 2.34. The van der Waals surface area contributed by atoms with E-state index in [2.05, 4.69) is 32.6 Å². The number of rotatable bonds is 10. The molecule has 6 rings (SSSR count). The van der Waals surface area contributed by atoms with Crippen molar-refractivity contribution in [3.05, 3.63) is 135 Å². The minimum atomic E-state index is -0.221. The molecule has 1 atom stereocenters. The summed E-state index contributed by atoms with van der Waals surface area (Å²) < 4.78 is 7.41. The summed E-state index contributed by atoms with van der Waals surface area (Å²) in [5.41, 5.74) is 3.18. The average Bonchev–Trinajstić information content (AvgIpc) is 3.79. The molecule has 42 heavy (non-hydrogen) atoms. The van der Waals surface area contributed by atoms with Crippen molar-refractivity contribution in [1.29, 1.82) is 0 Å². The molecule has 6 aromatic rings. The van der Waals surface area contributed by atoms with Crippen molar-refractivity contribution < 1.29 is 9.21 Å². The molecular weight excluding hydrogens is 609 g/mol. The first-order valence-corrected chi connectivity index (χ1v) is 15.6. The standard InChI is InChI=1S/C31H23Cl2N5O2S2/c32-22-13-14-23(33)26(17-22)38-29(27-12-7-15-40-27)36-37-31(38)42-19-28-34-25(18-41-28)30(39)35-24(21-10-5-2-6-11-21)16-20-8-3-1-4-9-20/h1-15,17-18,24H,16,19H2,(H,35,39). The Morgan fingerprint density at radius 1 is 0.976 bits per heavy atom. The highest BCUT2D eigenvalue weighted by atomic mass is 35.5. The molecule has 0 aliphatic carbocycles. The molecule has 3 aromatic carbocycles. The smallest absolute Gasteiger partial charge is 0.271 e. The number of nitrogens with zero attached hydrogens (tertiary/aromatic N) is 4. The van der Waals surface area contributed by atoms with Gasteiger partial charge in [0.05, 0.1) is 28.8 Å². The van der Waals surface area contributed by atoms with Gasteiger partial charge in [0, 0.05) is 10.4 Å². The molecule has 0 aliphatic heterocycles. The van der Waals surface area contributed by atoms with Gasteiger partial charge in [0.15, 0.2) is 10.9 Å². The molecule has 0 bridgehead atoms. The number of amides is 1. The average molecular weight is 633 g/mol. The number of thiazole rings is 1. The fourth-order valence-corrected chi connectivity index (χ4v) is 6.54. The molecular formula is C31H23Cl2N5O2S2. The van der Waals surface area contributed by atoms with Crippen LogP contribution in [0.4, 0.5) is 0 Å². The first kappa shape index (κ1) is 28.2. The Labute approximate surface area is 260 Å². The number of nitrogens with one attached hydrogen (secondary N) is 1. The van der Waals surface area contributed by atoms with E-state index in [-0.39, 0.29) is 11.9 Å². The van der Waals surface area contributed by atoms with Gasteiger partial charge >= 0.3 is 0 Å². The van der Waals surface area contributed by atoms with Crippen LogP contribution in [0.25, 0.3) is 17.3 Å². The minimum Gasteiger partial charge on any atom is -0.461 e. The fourth-order valence-electron chi connectivity index (χ4n) is 4.43. The molecule has 1 N–H and O–H groups in total. The molecule has 0 radical (unpaired) electrons. The predicted molar refractivity (Wildman–Crippen MR) is 168 cm³/mol. The van der Waals surface area contributed by atoms with Gasteiger partial charge < -0.3 is 9.73 Å². The van der Waals surface area contributed by atoms with Gasteiger partial charge in [0.2, 0.25) is 5.82 Å². The molecule has 1 amide bonds. The number of halogens is 2. The summed E-state index contributed by atoms with van der Waals surface area (Å²) >= 11 is 15.7. The number of benzene rings is 3. The third kappa shape index (κ3) is 6.44. The second-order valence-corrected chi connectivity index (χ2v) is 12.0. The van der Waals surface area contributed by atoms with Gasteiger partial charge in [-0.1, -0.05) is 95.6 Å². The van der Waals surface area contributed by atoms with Crippen LogP contribution in [0.3, 0.4) is 0 Å². The van der Waals surface area contributed by atoms with E-state index in [0.29, 0.717) is 50.3 Å². The summed E-state index contributed by atoms with van der Waals surface area (Å²) in [6.45, 7) is 0. The minimum absolute atomic E-state index is 0.193. The lowest BCUT2D eigenvalue weighted by Gasteiger charge is -2.19. The van der Waals surface area contributed by atoms with Crippen molar-refractivity contribution in [2.75, 3.05) is 0 Å². The van der Waals surface area contributed by atoms with Gasteiger partial charge in [-0.2, -0.15) is 0 Å². The van der Waals surface area contributed by atoms with Crippen LogP contribution in [-0.4, -0.2) is 25.7 Å². The van der Waals surface area contributed by atoms with E-state index in [9.17, 15) is 4.79 Å². The van der Waals surface area contributed by atoms with Crippen molar-refractivity contribution in [2.45, 2.75) is 23.4 Å². The van der Waals surface area contributed by atoms with E-state index in [4.69, 9.17) is 27.6 Å². The number of furan rings is 1. The Bertz CT molecular complexity index is 1790. The molecule has 0 saturated carbocycles. The second-order valence-electron chi connectivity index (χ2n) is 9.26. The van der Waals surface area contributed by atoms with E-state index in [1.54, 1.807) is 42.0 Å². The number of hydrogen-bond donors (Lipinski definition) is 1. The number of carbonyl (C=O) groups excluding carboxylic acids is 1. The molecule has 0 saturated heterocycles. The number of hydrogen-bond acceptors (Lipinski definition) is 7. The van der Waals surface area contributed by atoms with Gasteiger partial charge in [-0.3, -0.25) is 9.36 Å². The Morgan fingerprint density at radius 3 is 2.52 bits per heavy atom. The molecule has 3 heterocycles. The second kappa shape index (κ2) is 13.0. The molecule has 0 fully saturated rings. The van der Waals surface area contributed by atoms with E-state index in [0.717, 1.165) is 16.1 Å². The summed E-state index contributed by atoms with van der Waals surface area (Å²) in [7, 11) is 0. The topological polar surface area (TPSA) is 85.8 Å². The van der Waals surface area contributed by atoms with Crippen LogP contribution in [0, 0.1) is 0 Å². The Hall–Kier alpha value is -3.89. The summed E-state index contributed by atoms with van der Waals surface area (Å²) in [5, 5.41) is 16.1. The zero-order valence-corrected chi connectivity index (χ0v) is 25.1. The van der Waals surface area contributed by atoms with Crippen molar-refractivity contribution in [2.24, 2.45) is 0 Å². The maximum absolute atomic E-state index is 13.3. The predicted octanol–water partition coefficient (Wildman–Crippen LogP) is 8.30. The molecule has 7 nitrogen and oxygen atoms in total. The quantitative estimate of drug-likeness (QED) is 0.153. The lowest BCUT2D eigenvalue weighted by Crippen LogP contribution is -2.30. The summed E-state index contributed by atoms with van der Waals surface area (Å²) in [5.74, 6) is 1.29. The van der Waals surface area contributed by atoms with Crippen molar-refractivity contribution >= 4 is 52.2 Å². The van der Waals surface area contributed by atoms with Crippen molar-refractivity contribution in [3.8, 4) is 17.3 Å². The molecule has 0 aliphatic rings. The molecule has 210 valence electrons. The van der Waals surface area contributed by atoms with Crippen molar-refractivity contribution in [3.63, 3.8) is 0 Å². The van der Waals surface area contributed by atoms with Crippen LogP contribution in [-0.2, 0) is 12.2 Å².